The van der Waals surface area contributed by atoms with Crippen molar-refractivity contribution in [2.24, 2.45) is 0 Å². The van der Waals surface area contributed by atoms with E-state index >= 15 is 0 Å². The van der Waals surface area contributed by atoms with Gasteiger partial charge in [0.1, 0.15) is 5.82 Å². The van der Waals surface area contributed by atoms with Crippen molar-refractivity contribution in [2.45, 2.75) is 38.6 Å². The summed E-state index contributed by atoms with van der Waals surface area (Å²) in [6.07, 6.45) is 9.76. The van der Waals surface area contributed by atoms with Crippen molar-refractivity contribution in [2.75, 3.05) is 25.5 Å². The second-order valence-electron chi connectivity index (χ2n) is 7.73. The molecular formula is C22H26F2N6O. The van der Waals surface area contributed by atoms with E-state index in [1.807, 2.05) is 10.9 Å². The number of hydrogen-bond acceptors (Lipinski definition) is 6. The zero-order valence-corrected chi connectivity index (χ0v) is 17.7. The van der Waals surface area contributed by atoms with Gasteiger partial charge in [-0.1, -0.05) is 0 Å². The van der Waals surface area contributed by atoms with Gasteiger partial charge < -0.3 is 15.4 Å². The molecular weight excluding hydrogens is 402 g/mol. The Morgan fingerprint density at radius 3 is 2.58 bits per heavy atom. The molecule has 0 unspecified atom stereocenters. The van der Waals surface area contributed by atoms with Crippen LogP contribution in [0.2, 0.25) is 0 Å². The highest BCUT2D eigenvalue weighted by atomic mass is 19.1. The lowest BCUT2D eigenvalue weighted by Gasteiger charge is -2.22. The minimum absolute atomic E-state index is 0.0179. The van der Waals surface area contributed by atoms with E-state index in [2.05, 4.69) is 25.7 Å². The summed E-state index contributed by atoms with van der Waals surface area (Å²) < 4.78 is 35.8. The molecule has 0 atom stereocenters. The number of hydrogen-bond donors (Lipinski definition) is 2. The standard InChI is InChI=1S/C22H26F2N6O/c1-14-9-19(31-2)21(24)18(20(14)23)4-3-15-10-26-22(27-11-15)29-16-12-28-30(13-16)17-5-7-25-8-6-17/h9-13,17,25H,3-8H2,1-2H3,(H,26,27,29). The average molecular weight is 428 g/mol. The van der Waals surface area contributed by atoms with Crippen LogP contribution in [0.3, 0.4) is 0 Å². The van der Waals surface area contributed by atoms with E-state index in [0.29, 0.717) is 24.0 Å². The van der Waals surface area contributed by atoms with E-state index in [1.54, 1.807) is 25.5 Å². The molecule has 0 aliphatic carbocycles. The van der Waals surface area contributed by atoms with Gasteiger partial charge in [-0.3, -0.25) is 4.68 Å². The normalized spacial score (nSPS) is 14.6. The Morgan fingerprint density at radius 2 is 1.87 bits per heavy atom. The maximum Gasteiger partial charge on any atom is 0.227 e. The molecule has 1 aliphatic rings. The summed E-state index contributed by atoms with van der Waals surface area (Å²) >= 11 is 0. The molecule has 4 rings (SSSR count). The van der Waals surface area contributed by atoms with Gasteiger partial charge in [-0.2, -0.15) is 5.10 Å². The molecule has 1 fully saturated rings. The lowest BCUT2D eigenvalue weighted by Crippen LogP contribution is -2.29. The third-order valence-electron chi connectivity index (χ3n) is 5.57. The topological polar surface area (TPSA) is 76.9 Å². The Hall–Kier alpha value is -3.07. The van der Waals surface area contributed by atoms with Crippen LogP contribution in [0.1, 0.15) is 35.6 Å². The number of anilines is 2. The van der Waals surface area contributed by atoms with Crippen molar-refractivity contribution in [3.8, 4) is 5.75 Å². The summed E-state index contributed by atoms with van der Waals surface area (Å²) in [7, 11) is 1.37. The Morgan fingerprint density at radius 1 is 1.13 bits per heavy atom. The summed E-state index contributed by atoms with van der Waals surface area (Å²) in [5.41, 5.74) is 1.98. The average Bonchev–Trinajstić information content (AvgIpc) is 3.26. The van der Waals surface area contributed by atoms with Crippen molar-refractivity contribution in [3.05, 3.63) is 59.2 Å². The van der Waals surface area contributed by atoms with Crippen LogP contribution in [0.4, 0.5) is 20.4 Å². The number of methoxy groups -OCH3 is 1. The van der Waals surface area contributed by atoms with Crippen LogP contribution in [0.25, 0.3) is 0 Å². The predicted molar refractivity (Wildman–Crippen MR) is 114 cm³/mol. The molecule has 3 heterocycles. The van der Waals surface area contributed by atoms with Crippen molar-refractivity contribution in [3.63, 3.8) is 0 Å². The highest BCUT2D eigenvalue weighted by molar-refractivity contribution is 5.50. The van der Waals surface area contributed by atoms with E-state index in [-0.39, 0.29) is 17.7 Å². The summed E-state index contributed by atoms with van der Waals surface area (Å²) in [4.78, 5) is 8.65. The molecule has 2 N–H and O–H groups in total. The lowest BCUT2D eigenvalue weighted by molar-refractivity contribution is 0.343. The van der Waals surface area contributed by atoms with Gasteiger partial charge in [0.2, 0.25) is 5.95 Å². The Labute approximate surface area is 179 Å². The van der Waals surface area contributed by atoms with Crippen molar-refractivity contribution < 1.29 is 13.5 Å². The van der Waals surface area contributed by atoms with E-state index < -0.39 is 11.6 Å². The number of rotatable bonds is 7. The molecule has 3 aromatic rings. The molecule has 1 aliphatic heterocycles. The number of aryl methyl sites for hydroxylation is 2. The molecule has 0 saturated carbocycles. The number of nitrogens with zero attached hydrogens (tertiary/aromatic N) is 4. The number of aromatic nitrogens is 4. The summed E-state index contributed by atoms with van der Waals surface area (Å²) in [5, 5.41) is 10.9. The first kappa shape index (κ1) is 21.2. The van der Waals surface area contributed by atoms with E-state index in [0.717, 1.165) is 37.2 Å². The predicted octanol–water partition coefficient (Wildman–Crippen LogP) is 3.72. The van der Waals surface area contributed by atoms with Gasteiger partial charge in [0, 0.05) is 24.2 Å². The fourth-order valence-corrected chi connectivity index (χ4v) is 3.79. The first-order valence-corrected chi connectivity index (χ1v) is 10.4. The third-order valence-corrected chi connectivity index (χ3v) is 5.57. The molecule has 1 aromatic carbocycles. The highest BCUT2D eigenvalue weighted by Gasteiger charge is 2.18. The fourth-order valence-electron chi connectivity index (χ4n) is 3.79. The molecule has 9 heteroatoms. The lowest BCUT2D eigenvalue weighted by atomic mass is 10.0. The molecule has 0 spiro atoms. The van der Waals surface area contributed by atoms with Crippen LogP contribution in [0, 0.1) is 18.6 Å². The van der Waals surface area contributed by atoms with Crippen LogP contribution in [0.5, 0.6) is 5.75 Å². The zero-order chi connectivity index (χ0) is 21.8. The maximum atomic E-state index is 14.4. The second kappa shape index (κ2) is 9.38. The second-order valence-corrected chi connectivity index (χ2v) is 7.73. The number of nitrogens with one attached hydrogen (secondary N) is 2. The van der Waals surface area contributed by atoms with Crippen LogP contribution >= 0.6 is 0 Å². The summed E-state index contributed by atoms with van der Waals surface area (Å²) in [5.74, 6) is -0.697. The van der Waals surface area contributed by atoms with Gasteiger partial charge in [0.05, 0.1) is 25.0 Å². The first-order chi connectivity index (χ1) is 15.0. The minimum atomic E-state index is -0.657. The SMILES string of the molecule is COc1cc(C)c(F)c(CCc2cnc(Nc3cnn(C4CCNCC4)c3)nc2)c1F. The van der Waals surface area contributed by atoms with Crippen molar-refractivity contribution in [1.29, 1.82) is 0 Å². The molecule has 164 valence electrons. The molecule has 2 aromatic heterocycles. The molecule has 0 bridgehead atoms. The molecule has 1 saturated heterocycles. The van der Waals surface area contributed by atoms with Gasteiger partial charge in [-0.25, -0.2) is 18.7 Å². The van der Waals surface area contributed by atoms with Gasteiger partial charge in [-0.05, 0) is 62.9 Å². The van der Waals surface area contributed by atoms with Crippen LogP contribution < -0.4 is 15.4 Å². The van der Waals surface area contributed by atoms with E-state index in [1.165, 1.54) is 13.2 Å². The molecule has 0 radical (unpaired) electrons. The minimum Gasteiger partial charge on any atom is -0.494 e. The Balaban J connectivity index is 1.38. The number of benzene rings is 1. The summed E-state index contributed by atoms with van der Waals surface area (Å²) in [6.45, 7) is 3.60. The first-order valence-electron chi connectivity index (χ1n) is 10.4. The van der Waals surface area contributed by atoms with Gasteiger partial charge >= 0.3 is 0 Å². The van der Waals surface area contributed by atoms with E-state index in [4.69, 9.17) is 4.74 Å². The number of ether oxygens (including phenoxy) is 1. The van der Waals surface area contributed by atoms with Crippen LogP contribution in [-0.4, -0.2) is 39.9 Å². The molecule has 7 nitrogen and oxygen atoms in total. The molecule has 31 heavy (non-hydrogen) atoms. The van der Waals surface area contributed by atoms with E-state index in [9.17, 15) is 8.78 Å². The fraction of sp³-hybridized carbons (Fsp3) is 0.409. The quantitative estimate of drug-likeness (QED) is 0.597. The monoisotopic (exact) mass is 428 g/mol. The van der Waals surface area contributed by atoms with Crippen LogP contribution in [-0.2, 0) is 12.8 Å². The van der Waals surface area contributed by atoms with Gasteiger partial charge in [0.25, 0.3) is 0 Å². The van der Waals surface area contributed by atoms with Crippen LogP contribution in [0.15, 0.2) is 30.9 Å². The third kappa shape index (κ3) is 4.82. The van der Waals surface area contributed by atoms with Gasteiger partial charge in [-0.15, -0.1) is 0 Å². The van der Waals surface area contributed by atoms with Crippen molar-refractivity contribution in [1.82, 2.24) is 25.1 Å². The Bertz CT molecular complexity index is 1030. The Kier molecular flexibility index (Phi) is 6.41. The number of halogens is 2. The maximum absolute atomic E-state index is 14.4. The largest absolute Gasteiger partial charge is 0.494 e. The smallest absolute Gasteiger partial charge is 0.227 e. The van der Waals surface area contributed by atoms with Crippen molar-refractivity contribution >= 4 is 11.6 Å². The number of piperidine rings is 1. The van der Waals surface area contributed by atoms with Gasteiger partial charge in [0.15, 0.2) is 11.6 Å². The zero-order valence-electron chi connectivity index (χ0n) is 17.7. The molecule has 0 amide bonds. The highest BCUT2D eigenvalue weighted by Crippen LogP contribution is 2.27. The summed E-state index contributed by atoms with van der Waals surface area (Å²) in [6, 6.07) is 1.77.